The molecule has 0 fully saturated rings. The summed E-state index contributed by atoms with van der Waals surface area (Å²) in [6.45, 7) is 0.504. The molecule has 1 aromatic rings. The summed E-state index contributed by atoms with van der Waals surface area (Å²) in [6, 6.07) is 4.28. The highest BCUT2D eigenvalue weighted by atomic mass is 79.9. The molecule has 0 aliphatic carbocycles. The van der Waals surface area contributed by atoms with Gasteiger partial charge in [0.1, 0.15) is 0 Å². The van der Waals surface area contributed by atoms with Gasteiger partial charge in [-0.1, -0.05) is 0 Å². The Hall–Kier alpha value is -1.87. The number of nitro benzene ring substituents is 1. The van der Waals surface area contributed by atoms with Crippen molar-refractivity contribution < 1.29 is 9.72 Å². The summed E-state index contributed by atoms with van der Waals surface area (Å²) in [4.78, 5) is 22.0. The Morgan fingerprint density at radius 1 is 1.47 bits per heavy atom. The standard InChI is InChI=1S/C13H13BrN2O3/c1-2-3-4-5-8-15-13(17)10-6-7-11(14)12(9-10)16(18)19/h1,6-7,9H,3-5,8H2,(H,15,17). The van der Waals surface area contributed by atoms with E-state index in [1.807, 2.05) is 0 Å². The molecular formula is C13H13BrN2O3. The van der Waals surface area contributed by atoms with Gasteiger partial charge in [0.15, 0.2) is 0 Å². The number of rotatable bonds is 6. The second-order valence-corrected chi connectivity index (χ2v) is 4.69. The number of amides is 1. The summed E-state index contributed by atoms with van der Waals surface area (Å²) in [7, 11) is 0. The number of halogens is 1. The molecule has 0 saturated carbocycles. The van der Waals surface area contributed by atoms with Crippen LogP contribution < -0.4 is 5.32 Å². The fourth-order valence-corrected chi connectivity index (χ4v) is 1.84. The van der Waals surface area contributed by atoms with E-state index in [2.05, 4.69) is 27.2 Å². The number of nitrogens with zero attached hydrogens (tertiary/aromatic N) is 1. The van der Waals surface area contributed by atoms with Gasteiger partial charge in [0.25, 0.3) is 11.6 Å². The van der Waals surface area contributed by atoms with Gasteiger partial charge in [-0.3, -0.25) is 14.9 Å². The molecule has 0 aliphatic heterocycles. The maximum Gasteiger partial charge on any atom is 0.284 e. The van der Waals surface area contributed by atoms with Gasteiger partial charge in [-0.05, 0) is 40.9 Å². The molecule has 1 aromatic carbocycles. The maximum atomic E-state index is 11.8. The Morgan fingerprint density at radius 3 is 2.84 bits per heavy atom. The highest BCUT2D eigenvalue weighted by molar-refractivity contribution is 9.10. The summed E-state index contributed by atoms with van der Waals surface area (Å²) in [6.07, 6.45) is 7.43. The molecule has 0 aromatic heterocycles. The number of terminal acetylenes is 1. The molecule has 0 unspecified atom stereocenters. The third-order valence-electron chi connectivity index (χ3n) is 2.44. The Bertz CT molecular complexity index is 523. The molecular weight excluding hydrogens is 312 g/mol. The van der Waals surface area contributed by atoms with E-state index in [9.17, 15) is 14.9 Å². The summed E-state index contributed by atoms with van der Waals surface area (Å²) in [5.74, 6) is 2.20. The van der Waals surface area contributed by atoms with Crippen molar-refractivity contribution in [2.45, 2.75) is 19.3 Å². The minimum atomic E-state index is -0.534. The largest absolute Gasteiger partial charge is 0.352 e. The Kier molecular flexibility index (Phi) is 6.03. The van der Waals surface area contributed by atoms with Crippen LogP contribution in [0, 0.1) is 22.5 Å². The van der Waals surface area contributed by atoms with Crippen LogP contribution in [0.4, 0.5) is 5.69 Å². The van der Waals surface area contributed by atoms with E-state index in [0.29, 0.717) is 17.4 Å². The number of hydrogen-bond acceptors (Lipinski definition) is 3. The van der Waals surface area contributed by atoms with Crippen molar-refractivity contribution in [3.63, 3.8) is 0 Å². The Labute approximate surface area is 119 Å². The monoisotopic (exact) mass is 324 g/mol. The predicted octanol–water partition coefficient (Wildman–Crippen LogP) is 2.89. The summed E-state index contributed by atoms with van der Waals surface area (Å²) in [5.41, 5.74) is 0.145. The fraction of sp³-hybridized carbons (Fsp3) is 0.308. The van der Waals surface area contributed by atoms with Crippen LogP contribution in [0.5, 0.6) is 0 Å². The second kappa shape index (κ2) is 7.54. The molecule has 5 nitrogen and oxygen atoms in total. The SMILES string of the molecule is C#CCCCCNC(=O)c1ccc(Br)c([N+](=O)[O-])c1. The third-order valence-corrected chi connectivity index (χ3v) is 3.11. The zero-order chi connectivity index (χ0) is 14.3. The van der Waals surface area contributed by atoms with Crippen LogP contribution in [0.25, 0.3) is 0 Å². The lowest BCUT2D eigenvalue weighted by atomic mass is 10.2. The number of hydrogen-bond donors (Lipinski definition) is 1. The minimum Gasteiger partial charge on any atom is -0.352 e. The third kappa shape index (κ3) is 4.72. The first-order valence-electron chi connectivity index (χ1n) is 5.72. The van der Waals surface area contributed by atoms with Crippen molar-refractivity contribution in [3.8, 4) is 12.3 Å². The highest BCUT2D eigenvalue weighted by Gasteiger charge is 2.15. The molecule has 0 heterocycles. The van der Waals surface area contributed by atoms with Crippen LogP contribution in [0.15, 0.2) is 22.7 Å². The number of unbranched alkanes of at least 4 members (excludes halogenated alkanes) is 2. The van der Waals surface area contributed by atoms with Crippen LogP contribution in [0.3, 0.4) is 0 Å². The van der Waals surface area contributed by atoms with E-state index in [1.54, 1.807) is 0 Å². The van der Waals surface area contributed by atoms with Crippen LogP contribution in [-0.2, 0) is 0 Å². The van der Waals surface area contributed by atoms with E-state index in [1.165, 1.54) is 18.2 Å². The fourth-order valence-electron chi connectivity index (χ4n) is 1.45. The molecule has 19 heavy (non-hydrogen) atoms. The van der Waals surface area contributed by atoms with Gasteiger partial charge in [-0.15, -0.1) is 12.3 Å². The smallest absolute Gasteiger partial charge is 0.284 e. The molecule has 0 atom stereocenters. The van der Waals surface area contributed by atoms with Crippen molar-refractivity contribution in [1.82, 2.24) is 5.32 Å². The van der Waals surface area contributed by atoms with E-state index in [-0.39, 0.29) is 17.2 Å². The highest BCUT2D eigenvalue weighted by Crippen LogP contribution is 2.25. The predicted molar refractivity (Wildman–Crippen MR) is 75.8 cm³/mol. The number of nitro groups is 1. The van der Waals surface area contributed by atoms with Crippen molar-refractivity contribution in [1.29, 1.82) is 0 Å². The van der Waals surface area contributed by atoms with Crippen molar-refractivity contribution in [2.75, 3.05) is 6.54 Å². The Balaban J connectivity index is 2.60. The van der Waals surface area contributed by atoms with E-state index >= 15 is 0 Å². The summed E-state index contributed by atoms with van der Waals surface area (Å²) in [5, 5.41) is 13.5. The molecule has 1 amide bonds. The Morgan fingerprint density at radius 2 is 2.21 bits per heavy atom. The molecule has 6 heteroatoms. The van der Waals surface area contributed by atoms with Crippen LogP contribution in [0.2, 0.25) is 0 Å². The molecule has 0 spiro atoms. The van der Waals surface area contributed by atoms with Crippen LogP contribution in [-0.4, -0.2) is 17.4 Å². The molecule has 0 saturated heterocycles. The lowest BCUT2D eigenvalue weighted by Gasteiger charge is -2.05. The minimum absolute atomic E-state index is 0.125. The topological polar surface area (TPSA) is 72.2 Å². The lowest BCUT2D eigenvalue weighted by molar-refractivity contribution is -0.385. The van der Waals surface area contributed by atoms with Gasteiger partial charge >= 0.3 is 0 Å². The van der Waals surface area contributed by atoms with Gasteiger partial charge < -0.3 is 5.32 Å². The molecule has 1 rings (SSSR count). The zero-order valence-electron chi connectivity index (χ0n) is 10.2. The molecule has 0 aliphatic rings. The lowest BCUT2D eigenvalue weighted by Crippen LogP contribution is -2.24. The van der Waals surface area contributed by atoms with Gasteiger partial charge in [0, 0.05) is 24.6 Å². The average molecular weight is 325 g/mol. The molecule has 1 N–H and O–H groups in total. The van der Waals surface area contributed by atoms with Crippen molar-refractivity contribution >= 4 is 27.5 Å². The van der Waals surface area contributed by atoms with Crippen LogP contribution in [0.1, 0.15) is 29.6 Å². The molecule has 100 valence electrons. The van der Waals surface area contributed by atoms with E-state index in [4.69, 9.17) is 6.42 Å². The van der Waals surface area contributed by atoms with Gasteiger partial charge in [-0.25, -0.2) is 0 Å². The average Bonchev–Trinajstić information content (AvgIpc) is 2.38. The number of carbonyl (C=O) groups is 1. The van der Waals surface area contributed by atoms with Crippen LogP contribution >= 0.6 is 15.9 Å². The van der Waals surface area contributed by atoms with E-state index in [0.717, 1.165) is 12.8 Å². The summed E-state index contributed by atoms with van der Waals surface area (Å²) < 4.78 is 0.350. The first kappa shape index (κ1) is 15.2. The van der Waals surface area contributed by atoms with Crippen molar-refractivity contribution in [2.24, 2.45) is 0 Å². The normalized spacial score (nSPS) is 9.68. The zero-order valence-corrected chi connectivity index (χ0v) is 11.8. The first-order chi connectivity index (χ1) is 9.06. The second-order valence-electron chi connectivity index (χ2n) is 3.84. The van der Waals surface area contributed by atoms with E-state index < -0.39 is 4.92 Å². The number of benzene rings is 1. The van der Waals surface area contributed by atoms with Crippen molar-refractivity contribution in [3.05, 3.63) is 38.3 Å². The quantitative estimate of drug-likeness (QED) is 0.378. The number of carbonyl (C=O) groups excluding carboxylic acids is 1. The number of nitrogens with one attached hydrogen (secondary N) is 1. The molecule has 0 radical (unpaired) electrons. The summed E-state index contributed by atoms with van der Waals surface area (Å²) >= 11 is 3.07. The van der Waals surface area contributed by atoms with Gasteiger partial charge in [0.2, 0.25) is 0 Å². The first-order valence-corrected chi connectivity index (χ1v) is 6.51. The molecule has 0 bridgehead atoms. The van der Waals surface area contributed by atoms with Gasteiger partial charge in [0.05, 0.1) is 9.40 Å². The maximum absolute atomic E-state index is 11.8. The van der Waals surface area contributed by atoms with Gasteiger partial charge in [-0.2, -0.15) is 0 Å².